The van der Waals surface area contributed by atoms with Crippen LogP contribution in [0.5, 0.6) is 0 Å². The normalized spacial score (nSPS) is 15.5. The molecule has 0 bridgehead atoms. The molecule has 2 amide bonds. The third-order valence-electron chi connectivity index (χ3n) is 4.02. The van der Waals surface area contributed by atoms with Gasteiger partial charge in [-0.2, -0.15) is 0 Å². The van der Waals surface area contributed by atoms with E-state index in [0.29, 0.717) is 18.8 Å². The van der Waals surface area contributed by atoms with Crippen LogP contribution in [0.15, 0.2) is 24.3 Å². The molecule has 4 nitrogen and oxygen atoms in total. The fourth-order valence-electron chi connectivity index (χ4n) is 2.72. The molecule has 0 aromatic heterocycles. The lowest BCUT2D eigenvalue weighted by molar-refractivity contribution is -0.138. The molecule has 1 aromatic rings. The van der Waals surface area contributed by atoms with Crippen LogP contribution in [-0.4, -0.2) is 54.6 Å². The van der Waals surface area contributed by atoms with Crippen LogP contribution in [-0.2, 0) is 15.3 Å². The zero-order valence-electron chi connectivity index (χ0n) is 13.6. The Morgan fingerprint density at radius 1 is 1.30 bits per heavy atom. The summed E-state index contributed by atoms with van der Waals surface area (Å²) in [6.07, 6.45) is 1.53. The van der Waals surface area contributed by atoms with Gasteiger partial charge in [-0.3, -0.25) is 9.59 Å². The van der Waals surface area contributed by atoms with Crippen molar-refractivity contribution in [2.24, 2.45) is 5.92 Å². The van der Waals surface area contributed by atoms with E-state index in [1.807, 2.05) is 29.2 Å². The Hall–Kier alpha value is -1.20. The molecule has 6 heteroatoms. The highest BCUT2D eigenvalue weighted by Crippen LogP contribution is 2.21. The molecule has 0 N–H and O–H groups in total. The molecule has 1 heterocycles. The fourth-order valence-corrected chi connectivity index (χ4v) is 3.80. The second-order valence-corrected chi connectivity index (χ2v) is 7.43. The molecule has 0 saturated carbocycles. The maximum atomic E-state index is 12.2. The molecular weight excluding hydrogens is 332 g/mol. The lowest BCUT2D eigenvalue weighted by atomic mass is 9.95. The first-order chi connectivity index (χ1) is 11.0. The van der Waals surface area contributed by atoms with E-state index in [-0.39, 0.29) is 17.7 Å². The van der Waals surface area contributed by atoms with E-state index < -0.39 is 0 Å². The van der Waals surface area contributed by atoms with E-state index in [1.165, 1.54) is 0 Å². The SMILES string of the molecule is CN(C)C(=O)C1CCN(C(=O)CSCc2cccc(Cl)c2)CC1. The lowest BCUT2D eigenvalue weighted by Gasteiger charge is -2.32. The van der Waals surface area contributed by atoms with Crippen molar-refractivity contribution in [3.63, 3.8) is 0 Å². The molecule has 0 unspecified atom stereocenters. The minimum absolute atomic E-state index is 0.0631. The van der Waals surface area contributed by atoms with Gasteiger partial charge < -0.3 is 9.80 Å². The molecule has 1 fully saturated rings. The average Bonchev–Trinajstić information content (AvgIpc) is 2.54. The van der Waals surface area contributed by atoms with E-state index in [2.05, 4.69) is 0 Å². The Morgan fingerprint density at radius 2 is 2.00 bits per heavy atom. The fraction of sp³-hybridized carbons (Fsp3) is 0.529. The van der Waals surface area contributed by atoms with Crippen molar-refractivity contribution in [3.8, 4) is 0 Å². The molecule has 126 valence electrons. The number of benzene rings is 1. The quantitative estimate of drug-likeness (QED) is 0.816. The smallest absolute Gasteiger partial charge is 0.232 e. The van der Waals surface area contributed by atoms with Gasteiger partial charge in [-0.1, -0.05) is 23.7 Å². The summed E-state index contributed by atoms with van der Waals surface area (Å²) in [5.41, 5.74) is 1.13. The second kappa shape index (κ2) is 8.60. The van der Waals surface area contributed by atoms with Gasteiger partial charge in [0.15, 0.2) is 0 Å². The summed E-state index contributed by atoms with van der Waals surface area (Å²) in [4.78, 5) is 27.7. The van der Waals surface area contributed by atoms with Crippen molar-refractivity contribution in [3.05, 3.63) is 34.9 Å². The van der Waals surface area contributed by atoms with Crippen LogP contribution in [0, 0.1) is 5.92 Å². The molecule has 1 aliphatic heterocycles. The number of nitrogens with zero attached hydrogens (tertiary/aromatic N) is 2. The number of hydrogen-bond donors (Lipinski definition) is 0. The van der Waals surface area contributed by atoms with Crippen LogP contribution in [0.4, 0.5) is 0 Å². The monoisotopic (exact) mass is 354 g/mol. The van der Waals surface area contributed by atoms with E-state index >= 15 is 0 Å². The van der Waals surface area contributed by atoms with Crippen molar-refractivity contribution in [1.82, 2.24) is 9.80 Å². The van der Waals surface area contributed by atoms with E-state index in [1.54, 1.807) is 30.8 Å². The summed E-state index contributed by atoms with van der Waals surface area (Å²) < 4.78 is 0. The first-order valence-corrected chi connectivity index (χ1v) is 9.31. The van der Waals surface area contributed by atoms with Crippen LogP contribution in [0.25, 0.3) is 0 Å². The first kappa shape index (κ1) is 18.1. The summed E-state index contributed by atoms with van der Waals surface area (Å²) in [6.45, 7) is 1.36. The summed E-state index contributed by atoms with van der Waals surface area (Å²) in [7, 11) is 3.57. The zero-order valence-corrected chi connectivity index (χ0v) is 15.2. The maximum Gasteiger partial charge on any atom is 0.232 e. The number of likely N-dealkylation sites (tertiary alicyclic amines) is 1. The lowest BCUT2D eigenvalue weighted by Crippen LogP contribution is -2.43. The van der Waals surface area contributed by atoms with E-state index in [9.17, 15) is 9.59 Å². The number of hydrogen-bond acceptors (Lipinski definition) is 3. The molecular formula is C17H23ClN2O2S. The molecule has 2 rings (SSSR count). The third kappa shape index (κ3) is 5.43. The van der Waals surface area contributed by atoms with Crippen LogP contribution < -0.4 is 0 Å². The average molecular weight is 355 g/mol. The van der Waals surface area contributed by atoms with E-state index in [0.717, 1.165) is 29.2 Å². The van der Waals surface area contributed by atoms with Gasteiger partial charge in [0.25, 0.3) is 0 Å². The molecule has 1 aliphatic rings. The van der Waals surface area contributed by atoms with Crippen molar-refractivity contribution in [1.29, 1.82) is 0 Å². The van der Waals surface area contributed by atoms with Crippen LogP contribution in [0.3, 0.4) is 0 Å². The van der Waals surface area contributed by atoms with Gasteiger partial charge in [-0.15, -0.1) is 11.8 Å². The number of thioether (sulfide) groups is 1. The summed E-state index contributed by atoms with van der Waals surface area (Å²) in [5, 5.41) is 0.724. The number of piperidine rings is 1. The standard InChI is InChI=1S/C17H23ClN2O2S/c1-19(2)17(22)14-6-8-20(9-7-14)16(21)12-23-11-13-4-3-5-15(18)10-13/h3-5,10,14H,6-9,11-12H2,1-2H3. The highest BCUT2D eigenvalue weighted by Gasteiger charge is 2.27. The Labute approximate surface area is 147 Å². The second-order valence-electron chi connectivity index (χ2n) is 6.01. The van der Waals surface area contributed by atoms with Gasteiger partial charge >= 0.3 is 0 Å². The summed E-state index contributed by atoms with van der Waals surface area (Å²) >= 11 is 7.56. The Bertz CT molecular complexity index is 557. The molecule has 1 saturated heterocycles. The number of rotatable bonds is 5. The highest BCUT2D eigenvalue weighted by atomic mass is 35.5. The highest BCUT2D eigenvalue weighted by molar-refractivity contribution is 7.99. The molecule has 1 aromatic carbocycles. The van der Waals surface area contributed by atoms with Gasteiger partial charge in [0, 0.05) is 43.9 Å². The zero-order chi connectivity index (χ0) is 16.8. The van der Waals surface area contributed by atoms with Gasteiger partial charge in [-0.05, 0) is 30.5 Å². The minimum atomic E-state index is 0.0631. The van der Waals surface area contributed by atoms with Gasteiger partial charge in [-0.25, -0.2) is 0 Å². The molecule has 0 aliphatic carbocycles. The third-order valence-corrected chi connectivity index (χ3v) is 5.24. The molecule has 0 atom stereocenters. The number of carbonyl (C=O) groups excluding carboxylic acids is 2. The minimum Gasteiger partial charge on any atom is -0.349 e. The van der Waals surface area contributed by atoms with Crippen molar-refractivity contribution >= 4 is 35.2 Å². The Balaban J connectivity index is 1.72. The first-order valence-electron chi connectivity index (χ1n) is 7.78. The summed E-state index contributed by atoms with van der Waals surface area (Å²) in [5.74, 6) is 1.65. The predicted molar refractivity (Wildman–Crippen MR) is 95.6 cm³/mol. The number of amides is 2. The number of halogens is 1. The summed E-state index contributed by atoms with van der Waals surface area (Å²) in [6, 6.07) is 7.71. The number of carbonyl (C=O) groups is 2. The maximum absolute atomic E-state index is 12.2. The van der Waals surface area contributed by atoms with Crippen molar-refractivity contribution in [2.45, 2.75) is 18.6 Å². The van der Waals surface area contributed by atoms with Crippen LogP contribution in [0.2, 0.25) is 5.02 Å². The Morgan fingerprint density at radius 3 is 2.61 bits per heavy atom. The van der Waals surface area contributed by atoms with E-state index in [4.69, 9.17) is 11.6 Å². The van der Waals surface area contributed by atoms with Gasteiger partial charge in [0.05, 0.1) is 5.75 Å². The van der Waals surface area contributed by atoms with Crippen LogP contribution >= 0.6 is 23.4 Å². The molecule has 0 radical (unpaired) electrons. The largest absolute Gasteiger partial charge is 0.349 e. The van der Waals surface area contributed by atoms with Gasteiger partial charge in [0.2, 0.25) is 11.8 Å². The van der Waals surface area contributed by atoms with Crippen molar-refractivity contribution in [2.75, 3.05) is 32.9 Å². The van der Waals surface area contributed by atoms with Crippen molar-refractivity contribution < 1.29 is 9.59 Å². The Kier molecular flexibility index (Phi) is 6.78. The molecule has 0 spiro atoms. The molecule has 23 heavy (non-hydrogen) atoms. The topological polar surface area (TPSA) is 40.6 Å². The predicted octanol–water partition coefficient (Wildman–Crippen LogP) is 2.90. The van der Waals surface area contributed by atoms with Crippen LogP contribution in [0.1, 0.15) is 18.4 Å². The van der Waals surface area contributed by atoms with Gasteiger partial charge in [0.1, 0.15) is 0 Å².